The van der Waals surface area contributed by atoms with Gasteiger partial charge in [-0.05, 0) is 28.1 Å². The molecule has 4 nitrogen and oxygen atoms in total. The fourth-order valence-corrected chi connectivity index (χ4v) is 1.45. The number of rotatable bonds is 3. The molecule has 0 fully saturated rings. The van der Waals surface area contributed by atoms with E-state index in [2.05, 4.69) is 31.2 Å². The highest BCUT2D eigenvalue weighted by Gasteiger charge is 1.99. The molecule has 0 saturated heterocycles. The number of hydrogen-bond donors (Lipinski definition) is 1. The van der Waals surface area contributed by atoms with Crippen LogP contribution in [0.25, 0.3) is 0 Å². The van der Waals surface area contributed by atoms with Crippen molar-refractivity contribution in [1.29, 1.82) is 0 Å². The quantitative estimate of drug-likeness (QED) is 0.926. The van der Waals surface area contributed by atoms with Crippen LogP contribution in [0.1, 0.15) is 5.82 Å². The number of halogens is 1. The Morgan fingerprint density at radius 1 is 1.40 bits per heavy atom. The van der Waals surface area contributed by atoms with Crippen LogP contribution in [0.3, 0.4) is 0 Å². The SMILES string of the molecule is Cn1ccnc1CNc1ccc(Br)cn1. The van der Waals surface area contributed by atoms with Gasteiger partial charge in [0.1, 0.15) is 11.6 Å². The maximum Gasteiger partial charge on any atom is 0.127 e. The van der Waals surface area contributed by atoms with Gasteiger partial charge >= 0.3 is 0 Å². The topological polar surface area (TPSA) is 42.7 Å². The second kappa shape index (κ2) is 4.44. The van der Waals surface area contributed by atoms with Gasteiger partial charge in [0.05, 0.1) is 6.54 Å². The van der Waals surface area contributed by atoms with Gasteiger partial charge in [-0.1, -0.05) is 0 Å². The Hall–Kier alpha value is -1.36. The molecule has 0 bridgehead atoms. The lowest BCUT2D eigenvalue weighted by Crippen LogP contribution is -2.06. The van der Waals surface area contributed by atoms with E-state index in [0.717, 1.165) is 16.1 Å². The standard InChI is InChI=1S/C10H11BrN4/c1-15-5-4-12-10(15)7-14-9-3-2-8(11)6-13-9/h2-6H,7H2,1H3,(H,13,14). The van der Waals surface area contributed by atoms with Gasteiger partial charge in [0.25, 0.3) is 0 Å². The number of aromatic nitrogens is 3. The van der Waals surface area contributed by atoms with E-state index in [1.807, 2.05) is 29.9 Å². The summed E-state index contributed by atoms with van der Waals surface area (Å²) in [5.74, 6) is 1.83. The number of imidazole rings is 1. The van der Waals surface area contributed by atoms with Gasteiger partial charge in [0.2, 0.25) is 0 Å². The van der Waals surface area contributed by atoms with Crippen molar-refractivity contribution < 1.29 is 0 Å². The zero-order valence-corrected chi connectivity index (χ0v) is 9.90. The number of anilines is 1. The third kappa shape index (κ3) is 2.56. The Kier molecular flexibility index (Phi) is 3.01. The lowest BCUT2D eigenvalue weighted by atomic mass is 10.4. The van der Waals surface area contributed by atoms with Crippen LogP contribution >= 0.6 is 15.9 Å². The van der Waals surface area contributed by atoms with E-state index in [0.29, 0.717) is 6.54 Å². The van der Waals surface area contributed by atoms with Gasteiger partial charge in [0, 0.05) is 30.1 Å². The third-order valence-electron chi connectivity index (χ3n) is 2.08. The second-order valence-electron chi connectivity index (χ2n) is 3.17. The Morgan fingerprint density at radius 2 is 2.27 bits per heavy atom. The largest absolute Gasteiger partial charge is 0.363 e. The first-order chi connectivity index (χ1) is 7.25. The van der Waals surface area contributed by atoms with Crippen LogP contribution in [0.15, 0.2) is 35.2 Å². The van der Waals surface area contributed by atoms with E-state index in [1.54, 1.807) is 12.4 Å². The minimum Gasteiger partial charge on any atom is -0.363 e. The molecule has 0 radical (unpaired) electrons. The van der Waals surface area contributed by atoms with Crippen LogP contribution in [-0.2, 0) is 13.6 Å². The van der Waals surface area contributed by atoms with E-state index < -0.39 is 0 Å². The zero-order valence-electron chi connectivity index (χ0n) is 8.31. The van der Waals surface area contributed by atoms with Gasteiger partial charge in [-0.2, -0.15) is 0 Å². The first-order valence-electron chi connectivity index (χ1n) is 4.57. The van der Waals surface area contributed by atoms with E-state index in [-0.39, 0.29) is 0 Å². The molecule has 5 heteroatoms. The molecule has 0 spiro atoms. The summed E-state index contributed by atoms with van der Waals surface area (Å²) in [6.07, 6.45) is 5.47. The predicted octanol–water partition coefficient (Wildman–Crippen LogP) is 2.19. The molecule has 0 aromatic carbocycles. The minimum absolute atomic E-state index is 0.679. The van der Waals surface area contributed by atoms with Gasteiger partial charge < -0.3 is 9.88 Å². The molecule has 2 heterocycles. The monoisotopic (exact) mass is 266 g/mol. The number of hydrogen-bond acceptors (Lipinski definition) is 3. The summed E-state index contributed by atoms with van der Waals surface area (Å²) in [5.41, 5.74) is 0. The molecule has 2 aromatic heterocycles. The highest BCUT2D eigenvalue weighted by Crippen LogP contribution is 2.10. The average molecular weight is 267 g/mol. The highest BCUT2D eigenvalue weighted by atomic mass is 79.9. The van der Waals surface area contributed by atoms with Gasteiger partial charge in [-0.25, -0.2) is 9.97 Å². The Bertz CT molecular complexity index is 435. The first kappa shape index (κ1) is 10.2. The second-order valence-corrected chi connectivity index (χ2v) is 4.09. The molecule has 0 aliphatic carbocycles. The van der Waals surface area contributed by atoms with E-state index in [4.69, 9.17) is 0 Å². The molecule has 0 aliphatic heterocycles. The highest BCUT2D eigenvalue weighted by molar-refractivity contribution is 9.10. The summed E-state index contributed by atoms with van der Waals surface area (Å²) in [4.78, 5) is 8.42. The lowest BCUT2D eigenvalue weighted by molar-refractivity contribution is 0.811. The fraction of sp³-hybridized carbons (Fsp3) is 0.200. The van der Waals surface area contributed by atoms with Crippen LogP contribution < -0.4 is 5.32 Å². The lowest BCUT2D eigenvalue weighted by Gasteiger charge is -2.05. The van der Waals surface area contributed by atoms with Crippen molar-refractivity contribution in [2.75, 3.05) is 5.32 Å². The minimum atomic E-state index is 0.679. The average Bonchev–Trinajstić information content (AvgIpc) is 2.63. The molecule has 0 amide bonds. The van der Waals surface area contributed by atoms with Crippen LogP contribution in [0.5, 0.6) is 0 Å². The normalized spacial score (nSPS) is 10.3. The smallest absolute Gasteiger partial charge is 0.127 e. The molecular formula is C10H11BrN4. The van der Waals surface area contributed by atoms with Crippen molar-refractivity contribution in [3.05, 3.63) is 41.0 Å². The molecule has 15 heavy (non-hydrogen) atoms. The number of pyridine rings is 1. The van der Waals surface area contributed by atoms with Crippen molar-refractivity contribution >= 4 is 21.7 Å². The van der Waals surface area contributed by atoms with E-state index in [9.17, 15) is 0 Å². The van der Waals surface area contributed by atoms with E-state index in [1.165, 1.54) is 0 Å². The molecule has 0 aliphatic rings. The third-order valence-corrected chi connectivity index (χ3v) is 2.55. The summed E-state index contributed by atoms with van der Waals surface area (Å²) < 4.78 is 2.95. The van der Waals surface area contributed by atoms with Crippen molar-refractivity contribution in [3.8, 4) is 0 Å². The number of aryl methyl sites for hydroxylation is 1. The summed E-state index contributed by atoms with van der Waals surface area (Å²) in [6.45, 7) is 0.679. The molecule has 0 unspecified atom stereocenters. The van der Waals surface area contributed by atoms with Crippen LogP contribution in [0, 0.1) is 0 Å². The van der Waals surface area contributed by atoms with Crippen LogP contribution in [0.2, 0.25) is 0 Å². The van der Waals surface area contributed by atoms with Crippen LogP contribution in [-0.4, -0.2) is 14.5 Å². The van der Waals surface area contributed by atoms with Crippen molar-refractivity contribution in [3.63, 3.8) is 0 Å². The summed E-state index contributed by atoms with van der Waals surface area (Å²) in [6, 6.07) is 3.88. The van der Waals surface area contributed by atoms with E-state index >= 15 is 0 Å². The maximum absolute atomic E-state index is 4.21. The van der Waals surface area contributed by atoms with Crippen molar-refractivity contribution in [2.45, 2.75) is 6.54 Å². The molecule has 78 valence electrons. The number of nitrogens with one attached hydrogen (secondary N) is 1. The summed E-state index contributed by atoms with van der Waals surface area (Å²) in [5, 5.41) is 3.20. The molecule has 2 rings (SSSR count). The summed E-state index contributed by atoms with van der Waals surface area (Å²) >= 11 is 3.34. The molecule has 0 saturated carbocycles. The Morgan fingerprint density at radius 3 is 2.87 bits per heavy atom. The van der Waals surface area contributed by atoms with Crippen LogP contribution in [0.4, 0.5) is 5.82 Å². The number of nitrogens with zero attached hydrogens (tertiary/aromatic N) is 3. The molecule has 0 atom stereocenters. The molecule has 1 N–H and O–H groups in total. The molecule has 2 aromatic rings. The predicted molar refractivity (Wildman–Crippen MR) is 62.5 cm³/mol. The summed E-state index contributed by atoms with van der Waals surface area (Å²) in [7, 11) is 1.97. The van der Waals surface area contributed by atoms with Crippen molar-refractivity contribution in [1.82, 2.24) is 14.5 Å². The van der Waals surface area contributed by atoms with Crippen molar-refractivity contribution in [2.24, 2.45) is 7.05 Å². The van der Waals surface area contributed by atoms with Gasteiger partial charge in [0.15, 0.2) is 0 Å². The first-order valence-corrected chi connectivity index (χ1v) is 5.36. The zero-order chi connectivity index (χ0) is 10.7. The van der Waals surface area contributed by atoms with Gasteiger partial charge in [-0.15, -0.1) is 0 Å². The van der Waals surface area contributed by atoms with Gasteiger partial charge in [-0.3, -0.25) is 0 Å². The fourth-order valence-electron chi connectivity index (χ4n) is 1.22. The Balaban J connectivity index is 1.99. The maximum atomic E-state index is 4.21. The molecular weight excluding hydrogens is 256 g/mol. The Labute approximate surface area is 96.5 Å².